The molecule has 2 bridgehead atoms. The molecule has 1 saturated heterocycles. The zero-order valence-corrected chi connectivity index (χ0v) is 15.4. The molecule has 2 saturated carbocycles. The second-order valence-electron chi connectivity index (χ2n) is 8.25. The third-order valence-electron chi connectivity index (χ3n) is 6.88. The zero-order chi connectivity index (χ0) is 19.7. The molecule has 1 aromatic heterocycles. The number of amides is 2. The van der Waals surface area contributed by atoms with E-state index in [0.29, 0.717) is 34.5 Å². The summed E-state index contributed by atoms with van der Waals surface area (Å²) < 4.78 is 5.78. The molecular formula is C23H17N3O3. The van der Waals surface area contributed by atoms with Crippen molar-refractivity contribution in [2.75, 3.05) is 0 Å². The highest BCUT2D eigenvalue weighted by molar-refractivity contribution is 6.06. The number of imide groups is 1. The van der Waals surface area contributed by atoms with Gasteiger partial charge in [0.2, 0.25) is 0 Å². The second-order valence-corrected chi connectivity index (χ2v) is 8.25. The SMILES string of the molecule is N#Cc1ccccc1-c1ccc(/C=N\N2C(=O)[C@@H]3[C@H]4C=C[C@@H]([C@@H]5C[C@@H]45)[C@H]3C2=O)o1. The molecule has 5 aliphatic rings. The van der Waals surface area contributed by atoms with Gasteiger partial charge in [-0.25, -0.2) is 0 Å². The lowest BCUT2D eigenvalue weighted by Gasteiger charge is -2.37. The largest absolute Gasteiger partial charge is 0.455 e. The van der Waals surface area contributed by atoms with Gasteiger partial charge in [0, 0.05) is 5.56 Å². The van der Waals surface area contributed by atoms with E-state index in [1.54, 1.807) is 24.3 Å². The third kappa shape index (κ3) is 2.24. The van der Waals surface area contributed by atoms with Gasteiger partial charge >= 0.3 is 0 Å². The van der Waals surface area contributed by atoms with Crippen LogP contribution < -0.4 is 0 Å². The normalized spacial score (nSPS) is 33.8. The molecule has 4 aliphatic carbocycles. The van der Waals surface area contributed by atoms with Gasteiger partial charge in [0.05, 0.1) is 29.7 Å². The Morgan fingerprint density at radius 3 is 2.41 bits per heavy atom. The van der Waals surface area contributed by atoms with Crippen LogP contribution in [0.1, 0.15) is 17.7 Å². The van der Waals surface area contributed by atoms with Crippen LogP contribution in [0.25, 0.3) is 11.3 Å². The quantitative estimate of drug-likeness (QED) is 0.463. The molecule has 0 unspecified atom stereocenters. The van der Waals surface area contributed by atoms with Crippen molar-refractivity contribution in [2.45, 2.75) is 6.42 Å². The summed E-state index contributed by atoms with van der Waals surface area (Å²) in [5, 5.41) is 14.5. The number of carbonyl (C=O) groups is 2. The lowest BCUT2D eigenvalue weighted by atomic mass is 9.63. The highest BCUT2D eigenvalue weighted by Crippen LogP contribution is 2.65. The first-order chi connectivity index (χ1) is 14.2. The van der Waals surface area contributed by atoms with Crippen LogP contribution >= 0.6 is 0 Å². The first-order valence-corrected chi connectivity index (χ1v) is 9.87. The molecule has 2 amide bonds. The van der Waals surface area contributed by atoms with E-state index in [-0.39, 0.29) is 35.5 Å². The van der Waals surface area contributed by atoms with E-state index < -0.39 is 0 Å². The number of nitriles is 1. The maximum absolute atomic E-state index is 12.9. The third-order valence-corrected chi connectivity index (χ3v) is 6.88. The number of hydrogen-bond donors (Lipinski definition) is 0. The number of rotatable bonds is 3. The van der Waals surface area contributed by atoms with E-state index in [4.69, 9.17) is 4.42 Å². The lowest BCUT2D eigenvalue weighted by Crippen LogP contribution is -2.40. The van der Waals surface area contributed by atoms with E-state index in [9.17, 15) is 14.9 Å². The first-order valence-electron chi connectivity index (χ1n) is 9.87. The molecule has 1 aromatic carbocycles. The van der Waals surface area contributed by atoms with Gasteiger partial charge in [-0.2, -0.15) is 15.4 Å². The van der Waals surface area contributed by atoms with E-state index in [2.05, 4.69) is 23.3 Å². The summed E-state index contributed by atoms with van der Waals surface area (Å²) in [4.78, 5) is 25.9. The number of furan rings is 1. The molecule has 7 rings (SSSR count). The maximum atomic E-state index is 12.9. The molecule has 6 atom stereocenters. The van der Waals surface area contributed by atoms with Gasteiger partial charge in [0.1, 0.15) is 11.5 Å². The predicted octanol–water partition coefficient (Wildman–Crippen LogP) is 3.21. The van der Waals surface area contributed by atoms with Gasteiger partial charge in [-0.15, -0.1) is 0 Å². The fourth-order valence-corrected chi connectivity index (χ4v) is 5.53. The Morgan fingerprint density at radius 2 is 1.72 bits per heavy atom. The molecule has 142 valence electrons. The summed E-state index contributed by atoms with van der Waals surface area (Å²) >= 11 is 0. The van der Waals surface area contributed by atoms with Crippen LogP contribution in [0.15, 0.2) is 58.1 Å². The molecule has 2 heterocycles. The Morgan fingerprint density at radius 1 is 1.03 bits per heavy atom. The van der Waals surface area contributed by atoms with E-state index >= 15 is 0 Å². The molecule has 0 radical (unpaired) electrons. The molecule has 2 aromatic rings. The summed E-state index contributed by atoms with van der Waals surface area (Å²) in [6.45, 7) is 0. The van der Waals surface area contributed by atoms with Gasteiger partial charge in [-0.05, 0) is 54.4 Å². The van der Waals surface area contributed by atoms with Crippen LogP contribution in [-0.2, 0) is 9.59 Å². The summed E-state index contributed by atoms with van der Waals surface area (Å²) in [6, 6.07) is 12.8. The fraction of sp³-hybridized carbons (Fsp3) is 0.304. The minimum Gasteiger partial charge on any atom is -0.455 e. The van der Waals surface area contributed by atoms with Crippen LogP contribution in [0.4, 0.5) is 0 Å². The lowest BCUT2D eigenvalue weighted by molar-refractivity contribution is -0.140. The van der Waals surface area contributed by atoms with Crippen molar-refractivity contribution in [1.29, 1.82) is 5.26 Å². The predicted molar refractivity (Wildman–Crippen MR) is 103 cm³/mol. The van der Waals surface area contributed by atoms with Crippen molar-refractivity contribution in [3.8, 4) is 17.4 Å². The van der Waals surface area contributed by atoms with Gasteiger partial charge < -0.3 is 4.42 Å². The molecule has 6 heteroatoms. The van der Waals surface area contributed by atoms with Crippen LogP contribution in [0.3, 0.4) is 0 Å². The minimum atomic E-state index is -0.256. The number of hydrogen-bond acceptors (Lipinski definition) is 5. The minimum absolute atomic E-state index is 0.185. The Kier molecular flexibility index (Phi) is 3.28. The Balaban J connectivity index is 1.26. The maximum Gasteiger partial charge on any atom is 0.254 e. The summed E-state index contributed by atoms with van der Waals surface area (Å²) in [7, 11) is 0. The monoisotopic (exact) mass is 383 g/mol. The number of benzene rings is 1. The van der Waals surface area contributed by atoms with Gasteiger partial charge in [0.15, 0.2) is 0 Å². The molecule has 0 spiro atoms. The van der Waals surface area contributed by atoms with Crippen molar-refractivity contribution in [1.82, 2.24) is 5.01 Å². The van der Waals surface area contributed by atoms with E-state index in [1.165, 1.54) is 6.21 Å². The number of carbonyl (C=O) groups excluding carboxylic acids is 2. The van der Waals surface area contributed by atoms with Crippen LogP contribution in [0.5, 0.6) is 0 Å². The molecular weight excluding hydrogens is 366 g/mol. The van der Waals surface area contributed by atoms with Crippen molar-refractivity contribution < 1.29 is 14.0 Å². The fourth-order valence-electron chi connectivity index (χ4n) is 5.53. The van der Waals surface area contributed by atoms with Crippen molar-refractivity contribution >= 4 is 18.0 Å². The average Bonchev–Trinajstić information content (AvgIpc) is 3.39. The van der Waals surface area contributed by atoms with E-state index in [0.717, 1.165) is 11.4 Å². The zero-order valence-electron chi connectivity index (χ0n) is 15.4. The van der Waals surface area contributed by atoms with Crippen molar-refractivity contribution in [3.05, 3.63) is 59.9 Å². The van der Waals surface area contributed by atoms with Crippen LogP contribution in [0.2, 0.25) is 0 Å². The topological polar surface area (TPSA) is 86.7 Å². The second kappa shape index (κ2) is 5.77. The highest BCUT2D eigenvalue weighted by atomic mass is 16.3. The Hall–Kier alpha value is -3.46. The summed E-state index contributed by atoms with van der Waals surface area (Å²) in [6.07, 6.45) is 6.83. The van der Waals surface area contributed by atoms with Crippen molar-refractivity contribution in [2.24, 2.45) is 40.6 Å². The van der Waals surface area contributed by atoms with E-state index in [1.807, 2.05) is 12.1 Å². The average molecular weight is 383 g/mol. The highest BCUT2D eigenvalue weighted by Gasteiger charge is 2.67. The van der Waals surface area contributed by atoms with Gasteiger partial charge in [-0.1, -0.05) is 24.3 Å². The number of nitrogens with zero attached hydrogens (tertiary/aromatic N) is 3. The smallest absolute Gasteiger partial charge is 0.254 e. The summed E-state index contributed by atoms with van der Waals surface area (Å²) in [5.74, 6) is 1.57. The van der Waals surface area contributed by atoms with Gasteiger partial charge in [-0.3, -0.25) is 9.59 Å². The molecule has 1 aliphatic heterocycles. The first kappa shape index (κ1) is 16.5. The van der Waals surface area contributed by atoms with Crippen molar-refractivity contribution in [3.63, 3.8) is 0 Å². The molecule has 6 nitrogen and oxygen atoms in total. The van der Waals surface area contributed by atoms with Gasteiger partial charge in [0.25, 0.3) is 11.8 Å². The number of allylic oxidation sites excluding steroid dienone is 2. The standard InChI is InChI=1S/C23H17N3O3/c24-10-12-3-1-2-4-14(12)19-8-5-13(29-19)11-25-26-22(27)20-15-6-7-16(18-9-17(15)18)21(20)23(26)28/h1-8,11,15-18,20-21H,9H2/b25-11-/t15-,16-,17-,18-,20+,21+/m0/s1. The molecule has 0 N–H and O–H groups in total. The Bertz CT molecular complexity index is 1120. The Labute approximate surface area is 167 Å². The number of hydrazone groups is 1. The molecule has 3 fully saturated rings. The van der Waals surface area contributed by atoms with Crippen LogP contribution in [0, 0.1) is 46.8 Å². The van der Waals surface area contributed by atoms with Crippen LogP contribution in [-0.4, -0.2) is 23.0 Å². The molecule has 29 heavy (non-hydrogen) atoms. The summed E-state index contributed by atoms with van der Waals surface area (Å²) in [5.41, 5.74) is 1.21.